The van der Waals surface area contributed by atoms with Gasteiger partial charge in [-0.2, -0.15) is 0 Å². The van der Waals surface area contributed by atoms with Crippen molar-refractivity contribution in [1.82, 2.24) is 4.98 Å². The molecule has 0 bridgehead atoms. The maximum atomic E-state index is 12.2. The van der Waals surface area contributed by atoms with Gasteiger partial charge in [0.1, 0.15) is 0 Å². The van der Waals surface area contributed by atoms with Gasteiger partial charge in [0.2, 0.25) is 11.8 Å². The van der Waals surface area contributed by atoms with E-state index in [1.54, 1.807) is 6.07 Å². The first kappa shape index (κ1) is 14.6. The molecule has 0 saturated heterocycles. The molecular weight excluding hydrogens is 276 g/mol. The first-order valence-corrected chi connectivity index (χ1v) is 7.60. The first-order chi connectivity index (χ1) is 10.5. The standard InChI is InChI=1S/C18H20N2O2/c1-11(2)12-3-5-13(6-4-12)15-9-16(15)18(22)20-14-7-8-17(21)19-10-14/h3-8,10-11,15-16H,9H2,1-2H3,(H,19,21)(H,20,22). The van der Waals surface area contributed by atoms with E-state index in [-0.39, 0.29) is 17.7 Å². The van der Waals surface area contributed by atoms with Crippen molar-refractivity contribution >= 4 is 11.6 Å². The predicted octanol–water partition coefficient (Wildman–Crippen LogP) is 3.65. The van der Waals surface area contributed by atoms with Crippen LogP contribution in [-0.2, 0) is 4.79 Å². The average Bonchev–Trinajstić information content (AvgIpc) is 3.30. The Morgan fingerprint density at radius 1 is 1.23 bits per heavy atom. The molecule has 4 heteroatoms. The van der Waals surface area contributed by atoms with Gasteiger partial charge in [0.05, 0.1) is 11.9 Å². The van der Waals surface area contributed by atoms with Crippen molar-refractivity contribution in [3.63, 3.8) is 0 Å². The Bertz CT molecular complexity index is 662. The van der Waals surface area contributed by atoms with Gasteiger partial charge in [-0.15, -0.1) is 0 Å². The van der Waals surface area contributed by atoms with Gasteiger partial charge >= 0.3 is 0 Å². The maximum Gasteiger partial charge on any atom is 0.228 e. The van der Waals surface area contributed by atoms with Crippen molar-refractivity contribution in [3.05, 3.63) is 53.7 Å². The molecule has 2 aromatic rings. The molecule has 2 unspecified atom stereocenters. The Labute approximate surface area is 130 Å². The van der Waals surface area contributed by atoms with E-state index < -0.39 is 0 Å². The summed E-state index contributed by atoms with van der Waals surface area (Å²) in [5, 5.41) is 12.0. The lowest BCUT2D eigenvalue weighted by Gasteiger charge is -2.07. The van der Waals surface area contributed by atoms with Crippen molar-refractivity contribution in [2.75, 3.05) is 5.32 Å². The number of nitrogens with zero attached hydrogens (tertiary/aromatic N) is 1. The molecule has 0 spiro atoms. The molecule has 114 valence electrons. The highest BCUT2D eigenvalue weighted by molar-refractivity contribution is 5.95. The molecule has 0 aliphatic heterocycles. The van der Waals surface area contributed by atoms with Gasteiger partial charge in [-0.25, -0.2) is 4.98 Å². The van der Waals surface area contributed by atoms with Gasteiger partial charge in [0, 0.05) is 12.0 Å². The smallest absolute Gasteiger partial charge is 0.228 e. The molecule has 4 nitrogen and oxygen atoms in total. The molecule has 0 radical (unpaired) electrons. The van der Waals surface area contributed by atoms with Gasteiger partial charge in [0.15, 0.2) is 0 Å². The Balaban J connectivity index is 1.61. The molecule has 22 heavy (non-hydrogen) atoms. The second kappa shape index (κ2) is 5.79. The molecular formula is C18H20N2O2. The van der Waals surface area contributed by atoms with Crippen LogP contribution in [0.25, 0.3) is 0 Å². The predicted molar refractivity (Wildman–Crippen MR) is 85.9 cm³/mol. The minimum atomic E-state index is -0.0486. The number of nitrogens with one attached hydrogen (secondary N) is 1. The summed E-state index contributed by atoms with van der Waals surface area (Å²) >= 11 is 0. The lowest BCUT2D eigenvalue weighted by Crippen LogP contribution is -2.14. The zero-order valence-electron chi connectivity index (χ0n) is 12.8. The van der Waals surface area contributed by atoms with Crippen LogP contribution in [0.3, 0.4) is 0 Å². The minimum absolute atomic E-state index is 0.0189. The molecule has 1 fully saturated rings. The number of amides is 1. The van der Waals surface area contributed by atoms with Crippen LogP contribution in [0.15, 0.2) is 42.6 Å². The first-order valence-electron chi connectivity index (χ1n) is 7.60. The minimum Gasteiger partial charge on any atom is -0.493 e. The van der Waals surface area contributed by atoms with Crippen molar-refractivity contribution in [2.45, 2.75) is 32.1 Å². The summed E-state index contributed by atoms with van der Waals surface area (Å²) < 4.78 is 0. The van der Waals surface area contributed by atoms with Crippen LogP contribution in [-0.4, -0.2) is 16.0 Å². The molecule has 1 amide bonds. The Morgan fingerprint density at radius 2 is 1.95 bits per heavy atom. The lowest BCUT2D eigenvalue weighted by molar-refractivity contribution is -0.117. The van der Waals surface area contributed by atoms with Gasteiger partial charge in [-0.3, -0.25) is 4.79 Å². The van der Waals surface area contributed by atoms with E-state index in [1.807, 2.05) is 0 Å². The summed E-state index contributed by atoms with van der Waals surface area (Å²) in [6.45, 7) is 4.35. The van der Waals surface area contributed by atoms with E-state index in [4.69, 9.17) is 5.11 Å². The fourth-order valence-corrected chi connectivity index (χ4v) is 2.68. The van der Waals surface area contributed by atoms with Crippen LogP contribution in [0.4, 0.5) is 5.69 Å². The third-order valence-corrected chi connectivity index (χ3v) is 4.17. The highest BCUT2D eigenvalue weighted by Gasteiger charge is 2.43. The van der Waals surface area contributed by atoms with Crippen molar-refractivity contribution in [3.8, 4) is 5.88 Å². The van der Waals surface area contributed by atoms with Crippen LogP contribution in [0.2, 0.25) is 0 Å². The van der Waals surface area contributed by atoms with Crippen molar-refractivity contribution in [2.24, 2.45) is 5.92 Å². The van der Waals surface area contributed by atoms with Crippen LogP contribution in [0, 0.1) is 5.92 Å². The number of benzene rings is 1. The molecule has 1 saturated carbocycles. The number of hydrogen-bond donors (Lipinski definition) is 2. The monoisotopic (exact) mass is 296 g/mol. The van der Waals surface area contributed by atoms with Gasteiger partial charge in [-0.05, 0) is 35.4 Å². The summed E-state index contributed by atoms with van der Waals surface area (Å²) in [6, 6.07) is 11.7. The molecule has 3 rings (SSSR count). The Kier molecular flexibility index (Phi) is 3.84. The largest absolute Gasteiger partial charge is 0.493 e. The number of carbonyl (C=O) groups is 1. The average molecular weight is 296 g/mol. The van der Waals surface area contributed by atoms with Gasteiger partial charge < -0.3 is 10.4 Å². The van der Waals surface area contributed by atoms with Crippen molar-refractivity contribution in [1.29, 1.82) is 0 Å². The summed E-state index contributed by atoms with van der Waals surface area (Å²) in [5.41, 5.74) is 3.16. The van der Waals surface area contributed by atoms with Crippen LogP contribution in [0.1, 0.15) is 43.2 Å². The number of aromatic hydroxyl groups is 1. The topological polar surface area (TPSA) is 62.2 Å². The van der Waals surface area contributed by atoms with E-state index >= 15 is 0 Å². The van der Waals surface area contributed by atoms with Crippen LogP contribution >= 0.6 is 0 Å². The fourth-order valence-electron chi connectivity index (χ4n) is 2.68. The van der Waals surface area contributed by atoms with Gasteiger partial charge in [-0.1, -0.05) is 38.1 Å². The number of rotatable bonds is 4. The quantitative estimate of drug-likeness (QED) is 0.905. The lowest BCUT2D eigenvalue weighted by atomic mass is 10.00. The van der Waals surface area contributed by atoms with Crippen LogP contribution in [0.5, 0.6) is 5.88 Å². The summed E-state index contributed by atoms with van der Waals surface area (Å²) in [7, 11) is 0. The third-order valence-electron chi connectivity index (χ3n) is 4.17. The summed E-state index contributed by atoms with van der Waals surface area (Å²) in [5.74, 6) is 0.831. The normalized spacial score (nSPS) is 20.0. The molecule has 2 atom stereocenters. The van der Waals surface area contributed by atoms with Crippen LogP contribution < -0.4 is 5.32 Å². The Hall–Kier alpha value is -2.36. The van der Waals surface area contributed by atoms with E-state index in [0.717, 1.165) is 6.42 Å². The fraction of sp³-hybridized carbons (Fsp3) is 0.333. The SMILES string of the molecule is CC(C)c1ccc(C2CC2C(=O)Nc2ccc(O)nc2)cc1. The second-order valence-electron chi connectivity index (χ2n) is 6.16. The summed E-state index contributed by atoms with van der Waals surface area (Å²) in [6.07, 6.45) is 2.35. The highest BCUT2D eigenvalue weighted by atomic mass is 16.3. The zero-order chi connectivity index (χ0) is 15.7. The molecule has 1 aromatic heterocycles. The summed E-state index contributed by atoms with van der Waals surface area (Å²) in [4.78, 5) is 16.0. The maximum absolute atomic E-state index is 12.2. The zero-order valence-corrected chi connectivity index (χ0v) is 12.8. The molecule has 1 aliphatic carbocycles. The van der Waals surface area contributed by atoms with E-state index in [1.165, 1.54) is 23.4 Å². The van der Waals surface area contributed by atoms with E-state index in [9.17, 15) is 4.79 Å². The molecule has 1 aromatic carbocycles. The van der Waals surface area contributed by atoms with E-state index in [2.05, 4.69) is 48.4 Å². The van der Waals surface area contributed by atoms with Crippen molar-refractivity contribution < 1.29 is 9.90 Å². The molecule has 1 aliphatic rings. The van der Waals surface area contributed by atoms with Gasteiger partial charge in [0.25, 0.3) is 0 Å². The van der Waals surface area contributed by atoms with E-state index in [0.29, 0.717) is 17.5 Å². The third kappa shape index (κ3) is 3.11. The number of aromatic nitrogens is 1. The number of pyridine rings is 1. The number of anilines is 1. The number of carbonyl (C=O) groups excluding carboxylic acids is 1. The Morgan fingerprint density at radius 3 is 2.55 bits per heavy atom. The molecule has 2 N–H and O–H groups in total. The highest BCUT2D eigenvalue weighted by Crippen LogP contribution is 2.48. The molecule has 1 heterocycles. The number of hydrogen-bond acceptors (Lipinski definition) is 3. The second-order valence-corrected chi connectivity index (χ2v) is 6.16.